The van der Waals surface area contributed by atoms with Gasteiger partial charge in [0.1, 0.15) is 0 Å². The Bertz CT molecular complexity index is 636. The molecule has 0 bridgehead atoms. The first-order chi connectivity index (χ1) is 9.22. The second-order valence-corrected chi connectivity index (χ2v) is 5.24. The van der Waals surface area contributed by atoms with Gasteiger partial charge in [0.15, 0.2) is 0 Å². The predicted octanol–water partition coefficient (Wildman–Crippen LogP) is 3.87. The largest absolute Gasteiger partial charge is 0.427 e. The maximum Gasteiger partial charge on any atom is 0.324 e. The van der Waals surface area contributed by atoms with Crippen LogP contribution in [-0.2, 0) is 11.3 Å². The maximum absolute atomic E-state index is 5.97. The van der Waals surface area contributed by atoms with Crippen LogP contribution < -0.4 is 5.46 Å². The molecule has 0 radical (unpaired) electrons. The van der Waals surface area contributed by atoms with E-state index in [2.05, 4.69) is 37.2 Å². The lowest BCUT2D eigenvalue weighted by Crippen LogP contribution is -2.23. The van der Waals surface area contributed by atoms with E-state index in [0.717, 1.165) is 17.2 Å². The summed E-state index contributed by atoms with van der Waals surface area (Å²) in [5, 5.41) is 0.762. The molecule has 1 aliphatic rings. The first-order valence-corrected chi connectivity index (χ1v) is 6.78. The Kier molecular flexibility index (Phi) is 3.45. The molecule has 1 heterocycles. The predicted molar refractivity (Wildman–Crippen MR) is 82.9 cm³/mol. The summed E-state index contributed by atoms with van der Waals surface area (Å²) >= 11 is 5.97. The minimum atomic E-state index is 0.223. The van der Waals surface area contributed by atoms with Gasteiger partial charge in [0.2, 0.25) is 0 Å². The van der Waals surface area contributed by atoms with Gasteiger partial charge in [-0.1, -0.05) is 54.8 Å². The summed E-state index contributed by atoms with van der Waals surface area (Å²) in [6.07, 6.45) is 4.18. The van der Waals surface area contributed by atoms with E-state index in [4.69, 9.17) is 16.3 Å². The molecule has 0 fully saturated rings. The van der Waals surface area contributed by atoms with Crippen LogP contribution in [0.3, 0.4) is 0 Å². The molecule has 2 aromatic rings. The molecule has 1 nitrogen and oxygen atoms in total. The summed E-state index contributed by atoms with van der Waals surface area (Å²) in [5.74, 6) is 0. The molecule has 94 valence electrons. The average molecular weight is 269 g/mol. The Morgan fingerprint density at radius 1 is 1.11 bits per heavy atom. The Labute approximate surface area is 119 Å². The van der Waals surface area contributed by atoms with E-state index >= 15 is 0 Å². The van der Waals surface area contributed by atoms with Crippen LogP contribution in [0.5, 0.6) is 0 Å². The third-order valence-corrected chi connectivity index (χ3v) is 3.65. The second-order valence-electron chi connectivity index (χ2n) is 4.80. The van der Waals surface area contributed by atoms with Crippen LogP contribution in [0.15, 0.2) is 42.5 Å². The van der Waals surface area contributed by atoms with Gasteiger partial charge in [-0.2, -0.15) is 0 Å². The zero-order valence-electron chi connectivity index (χ0n) is 10.8. The molecule has 0 saturated heterocycles. The van der Waals surface area contributed by atoms with Crippen LogP contribution in [0.2, 0.25) is 11.8 Å². The summed E-state index contributed by atoms with van der Waals surface area (Å²) in [4.78, 5) is 0. The van der Waals surface area contributed by atoms with Crippen molar-refractivity contribution in [2.45, 2.75) is 13.4 Å². The topological polar surface area (TPSA) is 9.23 Å². The number of hydrogen-bond donors (Lipinski definition) is 0. The van der Waals surface area contributed by atoms with Crippen LogP contribution >= 0.6 is 11.6 Å². The van der Waals surface area contributed by atoms with Crippen LogP contribution in [0.1, 0.15) is 16.7 Å². The fourth-order valence-corrected chi connectivity index (χ4v) is 2.56. The lowest BCUT2D eigenvalue weighted by molar-refractivity contribution is 0.333. The van der Waals surface area contributed by atoms with Crippen molar-refractivity contribution in [3.05, 3.63) is 64.2 Å². The van der Waals surface area contributed by atoms with Gasteiger partial charge in [0, 0.05) is 5.02 Å². The van der Waals surface area contributed by atoms with Gasteiger partial charge in [0.25, 0.3) is 0 Å². The summed E-state index contributed by atoms with van der Waals surface area (Å²) in [5.41, 5.74) is 4.90. The summed E-state index contributed by atoms with van der Waals surface area (Å²) < 4.78 is 5.62. The summed E-state index contributed by atoms with van der Waals surface area (Å²) in [7, 11) is 0. The van der Waals surface area contributed by atoms with Crippen LogP contribution in [0, 0.1) is 0 Å². The van der Waals surface area contributed by atoms with Crippen molar-refractivity contribution in [3.8, 4) is 0 Å². The molecule has 0 unspecified atom stereocenters. The minimum Gasteiger partial charge on any atom is -0.427 e. The average Bonchev–Trinajstić information content (AvgIpc) is 2.78. The number of hydrogen-bond acceptors (Lipinski definition) is 1. The molecule has 1 aliphatic heterocycles. The standard InChI is InChI=1S/C16H14BClO/c1-17-16-8-7-13(9-14(16)11-19-17)6-5-12-3-2-4-15(18)10-12/h2-10H,11H2,1H3/b6-5+. The monoisotopic (exact) mass is 268 g/mol. The molecule has 0 amide bonds. The fraction of sp³-hybridized carbons (Fsp3) is 0.125. The zero-order valence-corrected chi connectivity index (χ0v) is 11.5. The normalized spacial score (nSPS) is 14.1. The highest BCUT2D eigenvalue weighted by atomic mass is 35.5. The molecule has 0 aliphatic carbocycles. The second kappa shape index (κ2) is 5.24. The minimum absolute atomic E-state index is 0.223. The highest BCUT2D eigenvalue weighted by Crippen LogP contribution is 2.16. The number of halogens is 1. The van der Waals surface area contributed by atoms with Gasteiger partial charge in [0.05, 0.1) is 6.61 Å². The number of fused-ring (bicyclic) bond motifs is 1. The molecule has 0 N–H and O–H groups in total. The van der Waals surface area contributed by atoms with E-state index in [0.29, 0.717) is 0 Å². The van der Waals surface area contributed by atoms with E-state index in [1.807, 2.05) is 24.3 Å². The van der Waals surface area contributed by atoms with Crippen LogP contribution in [0.4, 0.5) is 0 Å². The van der Waals surface area contributed by atoms with Crippen molar-refractivity contribution in [1.82, 2.24) is 0 Å². The van der Waals surface area contributed by atoms with Crippen LogP contribution in [0.25, 0.3) is 12.2 Å². The fourth-order valence-electron chi connectivity index (χ4n) is 2.36. The van der Waals surface area contributed by atoms with E-state index in [1.54, 1.807) is 0 Å². The lowest BCUT2D eigenvalue weighted by Gasteiger charge is -2.01. The van der Waals surface area contributed by atoms with Gasteiger partial charge in [-0.25, -0.2) is 0 Å². The number of benzene rings is 2. The van der Waals surface area contributed by atoms with E-state index < -0.39 is 0 Å². The SMILES string of the molecule is CB1OCc2cc(/C=C/c3cccc(Cl)c3)ccc21. The zero-order chi connectivity index (χ0) is 13.2. The molecule has 0 aromatic heterocycles. The van der Waals surface area contributed by atoms with Gasteiger partial charge in [-0.05, 0) is 40.4 Å². The van der Waals surface area contributed by atoms with Gasteiger partial charge in [-0.3, -0.25) is 0 Å². The Morgan fingerprint density at radius 2 is 1.89 bits per heavy atom. The Balaban J connectivity index is 1.84. The molecular formula is C16H14BClO. The molecule has 3 heteroatoms. The van der Waals surface area contributed by atoms with Gasteiger partial charge in [-0.15, -0.1) is 0 Å². The van der Waals surface area contributed by atoms with E-state index in [-0.39, 0.29) is 6.92 Å². The summed E-state index contributed by atoms with van der Waals surface area (Å²) in [6, 6.07) is 14.3. The third kappa shape index (κ3) is 2.75. The first kappa shape index (κ1) is 12.5. The van der Waals surface area contributed by atoms with Crippen molar-refractivity contribution < 1.29 is 4.65 Å². The van der Waals surface area contributed by atoms with Gasteiger partial charge < -0.3 is 4.65 Å². The van der Waals surface area contributed by atoms with E-state index in [9.17, 15) is 0 Å². The summed E-state index contributed by atoms with van der Waals surface area (Å²) in [6.45, 7) is 3.03. The maximum atomic E-state index is 5.97. The van der Waals surface area contributed by atoms with Crippen molar-refractivity contribution in [2.24, 2.45) is 0 Å². The highest BCUT2D eigenvalue weighted by Gasteiger charge is 2.22. The smallest absolute Gasteiger partial charge is 0.324 e. The van der Waals surface area contributed by atoms with Crippen molar-refractivity contribution in [2.75, 3.05) is 0 Å². The molecular weight excluding hydrogens is 254 g/mol. The molecule has 2 aromatic carbocycles. The molecule has 19 heavy (non-hydrogen) atoms. The van der Waals surface area contributed by atoms with Crippen LogP contribution in [-0.4, -0.2) is 6.92 Å². The Morgan fingerprint density at radius 3 is 2.68 bits per heavy atom. The van der Waals surface area contributed by atoms with Gasteiger partial charge >= 0.3 is 6.92 Å². The van der Waals surface area contributed by atoms with Crippen molar-refractivity contribution in [1.29, 1.82) is 0 Å². The van der Waals surface area contributed by atoms with E-state index in [1.165, 1.54) is 16.6 Å². The molecule has 0 saturated carbocycles. The third-order valence-electron chi connectivity index (χ3n) is 3.41. The molecule has 3 rings (SSSR count). The van der Waals surface area contributed by atoms with Crippen molar-refractivity contribution >= 4 is 36.1 Å². The molecule has 0 atom stereocenters. The first-order valence-electron chi connectivity index (χ1n) is 6.40. The highest BCUT2D eigenvalue weighted by molar-refractivity contribution is 6.67. The quantitative estimate of drug-likeness (QED) is 0.593. The van der Waals surface area contributed by atoms with Crippen molar-refractivity contribution in [3.63, 3.8) is 0 Å². The number of rotatable bonds is 2. The molecule has 0 spiro atoms. The lowest BCUT2D eigenvalue weighted by atomic mass is 9.64. The Hall–Kier alpha value is -1.51.